The minimum atomic E-state index is -0.321. The van der Waals surface area contributed by atoms with Crippen LogP contribution in [-0.2, 0) is 4.79 Å². The van der Waals surface area contributed by atoms with Gasteiger partial charge in [-0.25, -0.2) is 9.07 Å². The number of aromatic nitrogens is 2. The molecule has 0 spiro atoms. The third kappa shape index (κ3) is 5.18. The number of hydrogen-bond donors (Lipinski definition) is 1. The quantitative estimate of drug-likeness (QED) is 0.454. The molecular formula is C25H28FN3OS. The Morgan fingerprint density at radius 2 is 1.74 bits per heavy atom. The molecule has 0 atom stereocenters. The Hall–Kier alpha value is -2.60. The number of nitrogens with one attached hydrogen (secondary N) is 1. The molecule has 162 valence electrons. The summed E-state index contributed by atoms with van der Waals surface area (Å²) in [5, 5.41) is 7.52. The summed E-state index contributed by atoms with van der Waals surface area (Å²) in [5.74, 6) is 0.512. The van der Waals surface area contributed by atoms with Gasteiger partial charge in [-0.2, -0.15) is 5.10 Å². The van der Waals surface area contributed by atoms with Crippen LogP contribution in [0.15, 0.2) is 53.4 Å². The van der Waals surface area contributed by atoms with Gasteiger partial charge in [0.25, 0.3) is 0 Å². The lowest BCUT2D eigenvalue weighted by Gasteiger charge is -2.22. The summed E-state index contributed by atoms with van der Waals surface area (Å²) in [6.07, 6.45) is 6.61. The number of amides is 1. The van der Waals surface area contributed by atoms with Gasteiger partial charge in [0.15, 0.2) is 0 Å². The number of hydrogen-bond acceptors (Lipinski definition) is 3. The molecule has 1 amide bonds. The zero-order valence-electron chi connectivity index (χ0n) is 18.0. The standard InChI is InChI=1S/C25H28FN3OS/c1-17-25(31-16-24(30)27-22-12-10-21(26)11-13-22)18(2)29(28-17)23-14-8-20(9-15-23)19-6-4-3-5-7-19/h8-15,19H,3-7,16H2,1-2H3,(H,27,30). The molecule has 1 saturated carbocycles. The van der Waals surface area contributed by atoms with E-state index < -0.39 is 0 Å². The average molecular weight is 438 g/mol. The van der Waals surface area contributed by atoms with Crippen LogP contribution in [0.1, 0.15) is 55.0 Å². The Bertz CT molecular complexity index is 1040. The highest BCUT2D eigenvalue weighted by Crippen LogP contribution is 2.33. The molecule has 1 fully saturated rings. The summed E-state index contributed by atoms with van der Waals surface area (Å²) < 4.78 is 15.0. The van der Waals surface area contributed by atoms with Gasteiger partial charge in [-0.1, -0.05) is 31.4 Å². The Labute approximate surface area is 187 Å². The first kappa shape index (κ1) is 21.6. The maximum atomic E-state index is 13.0. The van der Waals surface area contributed by atoms with Gasteiger partial charge in [0.2, 0.25) is 5.91 Å². The van der Waals surface area contributed by atoms with Gasteiger partial charge in [0.1, 0.15) is 5.82 Å². The molecule has 0 aliphatic heterocycles. The maximum Gasteiger partial charge on any atom is 0.234 e. The van der Waals surface area contributed by atoms with Crippen molar-refractivity contribution in [3.05, 3.63) is 71.3 Å². The number of halogens is 1. The average Bonchev–Trinajstić information content (AvgIpc) is 3.08. The topological polar surface area (TPSA) is 46.9 Å². The molecule has 1 aromatic heterocycles. The van der Waals surface area contributed by atoms with Crippen molar-refractivity contribution >= 4 is 23.4 Å². The summed E-state index contributed by atoms with van der Waals surface area (Å²) in [7, 11) is 0. The van der Waals surface area contributed by atoms with E-state index in [0.29, 0.717) is 11.6 Å². The third-order valence-corrected chi connectivity index (χ3v) is 7.20. The number of thioether (sulfide) groups is 1. The first-order valence-electron chi connectivity index (χ1n) is 10.9. The number of carbonyl (C=O) groups excluding carboxylic acids is 1. The molecule has 2 aromatic carbocycles. The second-order valence-electron chi connectivity index (χ2n) is 8.18. The fourth-order valence-electron chi connectivity index (χ4n) is 4.28. The number of rotatable bonds is 6. The van der Waals surface area contributed by atoms with E-state index in [1.165, 1.54) is 61.6 Å². The van der Waals surface area contributed by atoms with E-state index in [-0.39, 0.29) is 17.5 Å². The zero-order chi connectivity index (χ0) is 21.8. The molecule has 1 aliphatic rings. The molecule has 0 bridgehead atoms. The largest absolute Gasteiger partial charge is 0.325 e. The van der Waals surface area contributed by atoms with E-state index in [2.05, 4.69) is 29.6 Å². The summed E-state index contributed by atoms with van der Waals surface area (Å²) in [6, 6.07) is 14.6. The molecule has 0 unspecified atom stereocenters. The van der Waals surface area contributed by atoms with E-state index in [1.54, 1.807) is 12.1 Å². The number of anilines is 1. The Balaban J connectivity index is 1.42. The van der Waals surface area contributed by atoms with E-state index >= 15 is 0 Å². The summed E-state index contributed by atoms with van der Waals surface area (Å²) in [5.41, 5.74) is 5.00. The van der Waals surface area contributed by atoms with E-state index in [0.717, 1.165) is 22.0 Å². The monoisotopic (exact) mass is 437 g/mol. The van der Waals surface area contributed by atoms with Crippen LogP contribution in [0.3, 0.4) is 0 Å². The van der Waals surface area contributed by atoms with E-state index in [9.17, 15) is 9.18 Å². The number of carbonyl (C=O) groups is 1. The highest BCUT2D eigenvalue weighted by Gasteiger charge is 2.17. The molecule has 0 saturated heterocycles. The first-order valence-corrected chi connectivity index (χ1v) is 11.8. The van der Waals surface area contributed by atoms with Crippen LogP contribution in [0.25, 0.3) is 5.69 Å². The smallest absolute Gasteiger partial charge is 0.234 e. The third-order valence-electron chi connectivity index (χ3n) is 5.91. The number of aryl methyl sites for hydroxylation is 1. The Morgan fingerprint density at radius 1 is 1.06 bits per heavy atom. The van der Waals surface area contributed by atoms with Gasteiger partial charge in [0.05, 0.1) is 27.7 Å². The van der Waals surface area contributed by atoms with Crippen LogP contribution >= 0.6 is 11.8 Å². The lowest BCUT2D eigenvalue weighted by molar-refractivity contribution is -0.113. The maximum absolute atomic E-state index is 13.0. The fraction of sp³-hybridized carbons (Fsp3) is 0.360. The van der Waals surface area contributed by atoms with Crippen LogP contribution in [0.2, 0.25) is 0 Å². The fourth-order valence-corrected chi connectivity index (χ4v) is 5.17. The second kappa shape index (κ2) is 9.69. The van der Waals surface area contributed by atoms with Gasteiger partial charge in [0, 0.05) is 5.69 Å². The Morgan fingerprint density at radius 3 is 2.42 bits per heavy atom. The van der Waals surface area contributed by atoms with Crippen LogP contribution in [-0.4, -0.2) is 21.4 Å². The van der Waals surface area contributed by atoms with Gasteiger partial charge in [-0.3, -0.25) is 4.79 Å². The van der Waals surface area contributed by atoms with Crippen molar-refractivity contribution in [3.63, 3.8) is 0 Å². The van der Waals surface area contributed by atoms with Gasteiger partial charge in [-0.15, -0.1) is 11.8 Å². The zero-order valence-corrected chi connectivity index (χ0v) is 18.8. The highest BCUT2D eigenvalue weighted by molar-refractivity contribution is 8.00. The number of benzene rings is 2. The van der Waals surface area contributed by atoms with Gasteiger partial charge in [-0.05, 0) is 74.6 Å². The molecule has 4 rings (SSSR count). The van der Waals surface area contributed by atoms with Crippen LogP contribution < -0.4 is 5.32 Å². The van der Waals surface area contributed by atoms with E-state index in [1.807, 2.05) is 18.5 Å². The van der Waals surface area contributed by atoms with Crippen molar-refractivity contribution in [1.29, 1.82) is 0 Å². The molecule has 1 N–H and O–H groups in total. The molecule has 6 heteroatoms. The van der Waals surface area contributed by atoms with Gasteiger partial charge >= 0.3 is 0 Å². The van der Waals surface area contributed by atoms with Crippen molar-refractivity contribution in [1.82, 2.24) is 9.78 Å². The predicted octanol–water partition coefficient (Wildman–Crippen LogP) is 6.41. The molecule has 31 heavy (non-hydrogen) atoms. The van der Waals surface area contributed by atoms with E-state index in [4.69, 9.17) is 5.10 Å². The second-order valence-corrected chi connectivity index (χ2v) is 9.17. The first-order chi connectivity index (χ1) is 15.0. The van der Waals surface area contributed by atoms with Crippen molar-refractivity contribution < 1.29 is 9.18 Å². The van der Waals surface area contributed by atoms with Crippen molar-refractivity contribution in [2.24, 2.45) is 0 Å². The lowest BCUT2D eigenvalue weighted by atomic mass is 9.84. The normalized spacial score (nSPS) is 14.5. The highest BCUT2D eigenvalue weighted by atomic mass is 32.2. The van der Waals surface area contributed by atoms with Crippen molar-refractivity contribution in [2.75, 3.05) is 11.1 Å². The Kier molecular flexibility index (Phi) is 6.76. The molecule has 0 radical (unpaired) electrons. The van der Waals surface area contributed by atoms with Gasteiger partial charge < -0.3 is 5.32 Å². The summed E-state index contributed by atoms with van der Waals surface area (Å²) in [6.45, 7) is 4.01. The van der Waals surface area contributed by atoms with Crippen molar-refractivity contribution in [3.8, 4) is 5.69 Å². The lowest BCUT2D eigenvalue weighted by Crippen LogP contribution is -2.14. The molecule has 1 heterocycles. The predicted molar refractivity (Wildman–Crippen MR) is 125 cm³/mol. The minimum absolute atomic E-state index is 0.125. The van der Waals surface area contributed by atoms with Crippen molar-refractivity contribution in [2.45, 2.75) is 56.8 Å². The van der Waals surface area contributed by atoms with Crippen LogP contribution in [0.4, 0.5) is 10.1 Å². The minimum Gasteiger partial charge on any atom is -0.325 e. The molecule has 4 nitrogen and oxygen atoms in total. The van der Waals surface area contributed by atoms with Crippen LogP contribution in [0.5, 0.6) is 0 Å². The van der Waals surface area contributed by atoms with Crippen LogP contribution in [0, 0.1) is 19.7 Å². The SMILES string of the molecule is Cc1nn(-c2ccc(C3CCCCC3)cc2)c(C)c1SCC(=O)Nc1ccc(F)cc1. The summed E-state index contributed by atoms with van der Waals surface area (Å²) in [4.78, 5) is 13.3. The molecule has 1 aliphatic carbocycles. The molecular weight excluding hydrogens is 409 g/mol. The molecule has 3 aromatic rings. The number of nitrogens with zero attached hydrogens (tertiary/aromatic N) is 2. The summed E-state index contributed by atoms with van der Waals surface area (Å²) >= 11 is 1.48.